The van der Waals surface area contributed by atoms with Gasteiger partial charge in [0.1, 0.15) is 15.4 Å². The Kier molecular flexibility index (Phi) is 4.08. The number of anilines is 1. The van der Waals surface area contributed by atoms with Crippen molar-refractivity contribution in [3.05, 3.63) is 22.7 Å². The van der Waals surface area contributed by atoms with Crippen LogP contribution in [0.2, 0.25) is 0 Å². The second-order valence-corrected chi connectivity index (χ2v) is 5.62. The van der Waals surface area contributed by atoms with E-state index in [9.17, 15) is 18.0 Å². The third kappa shape index (κ3) is 2.94. The molecule has 0 saturated heterocycles. The zero-order valence-corrected chi connectivity index (χ0v) is 12.3. The number of halogens is 3. The Bertz CT molecular complexity index is 681. The first-order valence-electron chi connectivity index (χ1n) is 6.27. The molecule has 0 aromatic carbocycles. The Hall–Kier alpha value is -1.83. The summed E-state index contributed by atoms with van der Waals surface area (Å²) in [4.78, 5) is 17.6. The fourth-order valence-electron chi connectivity index (χ4n) is 1.92. The standard InChI is InChI=1S/C13H14F3N3OS/c1-3-6-19(2)12(20)10-9(17)7-4-5-8(13(14,15)16)18-11(7)21-10/h4-5H,3,6,17H2,1-2H3. The zero-order chi connectivity index (χ0) is 15.8. The number of amides is 1. The van der Waals surface area contributed by atoms with Crippen molar-refractivity contribution in [3.63, 3.8) is 0 Å². The van der Waals surface area contributed by atoms with Gasteiger partial charge in [0.2, 0.25) is 0 Å². The summed E-state index contributed by atoms with van der Waals surface area (Å²) < 4.78 is 37.9. The van der Waals surface area contributed by atoms with Crippen LogP contribution in [0, 0.1) is 0 Å². The van der Waals surface area contributed by atoms with Crippen molar-refractivity contribution in [2.45, 2.75) is 19.5 Å². The van der Waals surface area contributed by atoms with Crippen LogP contribution >= 0.6 is 11.3 Å². The molecule has 0 aliphatic rings. The maximum Gasteiger partial charge on any atom is 0.433 e. The SMILES string of the molecule is CCCN(C)C(=O)c1sc2nc(C(F)(F)F)ccc2c1N. The molecule has 0 fully saturated rings. The Balaban J connectivity index is 2.48. The van der Waals surface area contributed by atoms with Crippen molar-refractivity contribution in [1.82, 2.24) is 9.88 Å². The van der Waals surface area contributed by atoms with Crippen LogP contribution in [0.1, 0.15) is 28.7 Å². The predicted octanol–water partition coefficient (Wildman–Crippen LogP) is 3.38. The van der Waals surface area contributed by atoms with E-state index in [2.05, 4.69) is 4.98 Å². The van der Waals surface area contributed by atoms with Crippen molar-refractivity contribution < 1.29 is 18.0 Å². The molecule has 0 radical (unpaired) electrons. The average Bonchev–Trinajstić information content (AvgIpc) is 2.74. The monoisotopic (exact) mass is 317 g/mol. The highest BCUT2D eigenvalue weighted by atomic mass is 32.1. The molecular formula is C13H14F3N3OS. The molecule has 4 nitrogen and oxygen atoms in total. The molecule has 0 atom stereocenters. The normalized spacial score (nSPS) is 11.9. The molecule has 0 aliphatic carbocycles. The van der Waals surface area contributed by atoms with E-state index in [4.69, 9.17) is 5.73 Å². The third-order valence-electron chi connectivity index (χ3n) is 2.98. The fourth-order valence-corrected chi connectivity index (χ4v) is 3.01. The smallest absolute Gasteiger partial charge is 0.397 e. The lowest BCUT2D eigenvalue weighted by Gasteiger charge is -2.15. The number of rotatable bonds is 3. The Morgan fingerprint density at radius 1 is 1.43 bits per heavy atom. The number of fused-ring (bicyclic) bond motifs is 1. The largest absolute Gasteiger partial charge is 0.433 e. The minimum Gasteiger partial charge on any atom is -0.397 e. The highest BCUT2D eigenvalue weighted by molar-refractivity contribution is 7.21. The summed E-state index contributed by atoms with van der Waals surface area (Å²) >= 11 is 0.889. The summed E-state index contributed by atoms with van der Waals surface area (Å²) in [6.45, 7) is 2.48. The van der Waals surface area contributed by atoms with Crippen molar-refractivity contribution >= 4 is 33.1 Å². The molecule has 0 saturated carbocycles. The number of hydrogen-bond acceptors (Lipinski definition) is 4. The van der Waals surface area contributed by atoms with Gasteiger partial charge in [0.15, 0.2) is 0 Å². The molecule has 0 aliphatic heterocycles. The van der Waals surface area contributed by atoms with Crippen LogP contribution in [0.25, 0.3) is 10.2 Å². The van der Waals surface area contributed by atoms with Crippen molar-refractivity contribution in [3.8, 4) is 0 Å². The number of alkyl halides is 3. The van der Waals surface area contributed by atoms with Gasteiger partial charge in [-0.3, -0.25) is 4.79 Å². The van der Waals surface area contributed by atoms with E-state index in [1.807, 2.05) is 6.92 Å². The first-order chi connectivity index (χ1) is 9.75. The molecule has 2 aromatic rings. The number of hydrogen-bond donors (Lipinski definition) is 1. The van der Waals surface area contributed by atoms with Gasteiger partial charge < -0.3 is 10.6 Å². The zero-order valence-electron chi connectivity index (χ0n) is 11.5. The minimum absolute atomic E-state index is 0.121. The average molecular weight is 317 g/mol. The van der Waals surface area contributed by atoms with E-state index in [1.165, 1.54) is 11.0 Å². The molecule has 0 spiro atoms. The fraction of sp³-hybridized carbons (Fsp3) is 0.385. The van der Waals surface area contributed by atoms with E-state index in [0.717, 1.165) is 23.8 Å². The third-order valence-corrected chi connectivity index (χ3v) is 4.09. The minimum atomic E-state index is -4.52. The van der Waals surface area contributed by atoms with Gasteiger partial charge in [-0.05, 0) is 18.6 Å². The van der Waals surface area contributed by atoms with Gasteiger partial charge in [0.05, 0.1) is 5.69 Å². The van der Waals surface area contributed by atoms with Crippen LogP contribution in [-0.2, 0) is 6.18 Å². The number of nitrogen functional groups attached to an aromatic ring is 1. The van der Waals surface area contributed by atoms with Gasteiger partial charge in [0, 0.05) is 19.0 Å². The van der Waals surface area contributed by atoms with Crippen LogP contribution in [0.4, 0.5) is 18.9 Å². The van der Waals surface area contributed by atoms with Crippen LogP contribution in [0.3, 0.4) is 0 Å². The maximum atomic E-state index is 12.6. The summed E-state index contributed by atoms with van der Waals surface area (Å²) in [5, 5.41) is 0.376. The molecule has 21 heavy (non-hydrogen) atoms. The van der Waals surface area contributed by atoms with E-state index < -0.39 is 11.9 Å². The molecule has 1 amide bonds. The lowest BCUT2D eigenvalue weighted by atomic mass is 10.2. The van der Waals surface area contributed by atoms with E-state index >= 15 is 0 Å². The summed E-state index contributed by atoms with van der Waals surface area (Å²) in [7, 11) is 1.63. The summed E-state index contributed by atoms with van der Waals surface area (Å²) in [6, 6.07) is 2.13. The highest BCUT2D eigenvalue weighted by Crippen LogP contribution is 2.36. The Morgan fingerprint density at radius 2 is 2.10 bits per heavy atom. The molecule has 2 heterocycles. The molecular weight excluding hydrogens is 303 g/mol. The number of aromatic nitrogens is 1. The van der Waals surface area contributed by atoms with Crippen LogP contribution in [-0.4, -0.2) is 29.4 Å². The maximum absolute atomic E-state index is 12.6. The molecule has 8 heteroatoms. The summed E-state index contributed by atoms with van der Waals surface area (Å²) in [6.07, 6.45) is -3.74. The highest BCUT2D eigenvalue weighted by Gasteiger charge is 2.33. The van der Waals surface area contributed by atoms with E-state index in [0.29, 0.717) is 11.9 Å². The van der Waals surface area contributed by atoms with Gasteiger partial charge in [-0.1, -0.05) is 6.92 Å². The van der Waals surface area contributed by atoms with Crippen LogP contribution in [0.15, 0.2) is 12.1 Å². The first kappa shape index (κ1) is 15.6. The quantitative estimate of drug-likeness (QED) is 0.944. The summed E-state index contributed by atoms with van der Waals surface area (Å²) in [5.74, 6) is -0.300. The number of pyridine rings is 1. The Labute approximate surface area is 123 Å². The van der Waals surface area contributed by atoms with Gasteiger partial charge in [0.25, 0.3) is 5.91 Å². The number of thiophene rings is 1. The molecule has 0 unspecified atom stereocenters. The van der Waals surface area contributed by atoms with Gasteiger partial charge in [-0.2, -0.15) is 13.2 Å². The van der Waals surface area contributed by atoms with Gasteiger partial charge in [-0.15, -0.1) is 11.3 Å². The molecule has 2 rings (SSSR count). The van der Waals surface area contributed by atoms with Crippen molar-refractivity contribution in [2.24, 2.45) is 0 Å². The van der Waals surface area contributed by atoms with Crippen molar-refractivity contribution in [2.75, 3.05) is 19.3 Å². The first-order valence-corrected chi connectivity index (χ1v) is 7.09. The second-order valence-electron chi connectivity index (χ2n) is 4.62. The Morgan fingerprint density at radius 3 is 2.67 bits per heavy atom. The summed E-state index contributed by atoms with van der Waals surface area (Å²) in [5.41, 5.74) is 5.07. The molecule has 2 N–H and O–H groups in total. The molecule has 0 bridgehead atoms. The topological polar surface area (TPSA) is 59.2 Å². The lowest BCUT2D eigenvalue weighted by molar-refractivity contribution is -0.140. The van der Waals surface area contributed by atoms with E-state index in [1.54, 1.807) is 7.05 Å². The van der Waals surface area contributed by atoms with Crippen LogP contribution in [0.5, 0.6) is 0 Å². The molecule has 114 valence electrons. The number of nitrogens with zero attached hydrogens (tertiary/aromatic N) is 2. The number of nitrogens with two attached hydrogens (primary N) is 1. The van der Waals surface area contributed by atoms with E-state index in [-0.39, 0.29) is 21.3 Å². The lowest BCUT2D eigenvalue weighted by Crippen LogP contribution is -2.27. The van der Waals surface area contributed by atoms with Crippen LogP contribution < -0.4 is 5.73 Å². The van der Waals surface area contributed by atoms with Gasteiger partial charge >= 0.3 is 6.18 Å². The van der Waals surface area contributed by atoms with Gasteiger partial charge in [-0.25, -0.2) is 4.98 Å². The number of carbonyl (C=O) groups is 1. The number of carbonyl (C=O) groups excluding carboxylic acids is 1. The predicted molar refractivity (Wildman–Crippen MR) is 76.3 cm³/mol. The van der Waals surface area contributed by atoms with Crippen molar-refractivity contribution in [1.29, 1.82) is 0 Å². The molecule has 2 aromatic heterocycles. The second kappa shape index (κ2) is 5.51.